The molecular formula is C5H11ClFN. The second-order valence-corrected chi connectivity index (χ2v) is 2.11. The second-order valence-electron chi connectivity index (χ2n) is 2.11. The summed E-state index contributed by atoms with van der Waals surface area (Å²) in [4.78, 5) is 0. The SMILES string of the molecule is Cl.N[C@@H]1CCC[C@@H]1F. The van der Waals surface area contributed by atoms with Gasteiger partial charge in [0.25, 0.3) is 0 Å². The molecule has 0 bridgehead atoms. The number of hydrogen-bond acceptors (Lipinski definition) is 1. The maximum Gasteiger partial charge on any atom is 0.115 e. The first-order valence-corrected chi connectivity index (χ1v) is 2.70. The highest BCUT2D eigenvalue weighted by Crippen LogP contribution is 2.19. The lowest BCUT2D eigenvalue weighted by atomic mass is 10.2. The Hall–Kier alpha value is 0.180. The smallest absolute Gasteiger partial charge is 0.115 e. The Morgan fingerprint density at radius 3 is 2.12 bits per heavy atom. The van der Waals surface area contributed by atoms with E-state index in [0.717, 1.165) is 12.8 Å². The maximum atomic E-state index is 12.2. The molecule has 0 aromatic carbocycles. The van der Waals surface area contributed by atoms with Crippen LogP contribution in [0.25, 0.3) is 0 Å². The van der Waals surface area contributed by atoms with E-state index >= 15 is 0 Å². The van der Waals surface area contributed by atoms with Crippen LogP contribution in [0.5, 0.6) is 0 Å². The summed E-state index contributed by atoms with van der Waals surface area (Å²) in [5.41, 5.74) is 5.30. The zero-order valence-electron chi connectivity index (χ0n) is 4.64. The van der Waals surface area contributed by atoms with Gasteiger partial charge in [-0.3, -0.25) is 0 Å². The van der Waals surface area contributed by atoms with Crippen LogP contribution in [-0.2, 0) is 0 Å². The standard InChI is InChI=1S/C5H10FN.ClH/c6-4-2-1-3-5(4)7;/h4-5H,1-3,7H2;1H/t4-,5+;/m0./s1. The van der Waals surface area contributed by atoms with E-state index in [1.54, 1.807) is 0 Å². The molecule has 0 heterocycles. The number of hydrogen-bond donors (Lipinski definition) is 1. The molecule has 0 aliphatic heterocycles. The predicted molar refractivity (Wildman–Crippen MR) is 34.0 cm³/mol. The third kappa shape index (κ3) is 1.60. The van der Waals surface area contributed by atoms with E-state index in [1.165, 1.54) is 0 Å². The van der Waals surface area contributed by atoms with Crippen LogP contribution >= 0.6 is 12.4 Å². The van der Waals surface area contributed by atoms with Crippen molar-refractivity contribution >= 4 is 12.4 Å². The van der Waals surface area contributed by atoms with Crippen LogP contribution in [0, 0.1) is 0 Å². The molecular weight excluding hydrogens is 129 g/mol. The molecule has 1 saturated carbocycles. The van der Waals surface area contributed by atoms with Crippen LogP contribution in [0.1, 0.15) is 19.3 Å². The Balaban J connectivity index is 0.000000490. The number of nitrogens with two attached hydrogens (primary N) is 1. The summed E-state index contributed by atoms with van der Waals surface area (Å²) in [5.74, 6) is 0. The summed E-state index contributed by atoms with van der Waals surface area (Å²) in [5, 5.41) is 0. The minimum Gasteiger partial charge on any atom is -0.325 e. The van der Waals surface area contributed by atoms with Crippen LogP contribution in [0.2, 0.25) is 0 Å². The van der Waals surface area contributed by atoms with Crippen molar-refractivity contribution in [3.8, 4) is 0 Å². The molecule has 0 amide bonds. The van der Waals surface area contributed by atoms with Gasteiger partial charge in [0.2, 0.25) is 0 Å². The summed E-state index contributed by atoms with van der Waals surface area (Å²) in [6, 6.07) is -0.153. The van der Waals surface area contributed by atoms with Gasteiger partial charge in [0.1, 0.15) is 6.17 Å². The normalized spacial score (nSPS) is 36.8. The highest BCUT2D eigenvalue weighted by atomic mass is 35.5. The number of rotatable bonds is 0. The fraction of sp³-hybridized carbons (Fsp3) is 1.00. The number of alkyl halides is 1. The molecule has 2 N–H and O–H groups in total. The first kappa shape index (κ1) is 8.18. The molecule has 0 spiro atoms. The molecule has 1 aliphatic carbocycles. The lowest BCUT2D eigenvalue weighted by Crippen LogP contribution is -2.24. The Bertz CT molecular complexity index is 61.4. The average molecular weight is 140 g/mol. The predicted octanol–water partition coefficient (Wildman–Crippen LogP) is 1.26. The van der Waals surface area contributed by atoms with Crippen molar-refractivity contribution in [3.63, 3.8) is 0 Å². The van der Waals surface area contributed by atoms with Gasteiger partial charge in [0.15, 0.2) is 0 Å². The molecule has 1 aliphatic rings. The van der Waals surface area contributed by atoms with Crippen molar-refractivity contribution in [2.45, 2.75) is 31.5 Å². The molecule has 1 nitrogen and oxygen atoms in total. The Morgan fingerprint density at radius 2 is 2.00 bits per heavy atom. The largest absolute Gasteiger partial charge is 0.325 e. The molecule has 1 rings (SSSR count). The van der Waals surface area contributed by atoms with Gasteiger partial charge in [0.05, 0.1) is 0 Å². The van der Waals surface area contributed by atoms with Crippen LogP contribution in [0.4, 0.5) is 4.39 Å². The van der Waals surface area contributed by atoms with E-state index in [9.17, 15) is 4.39 Å². The van der Waals surface area contributed by atoms with Gasteiger partial charge in [-0.15, -0.1) is 12.4 Å². The highest BCUT2D eigenvalue weighted by Gasteiger charge is 2.22. The molecule has 50 valence electrons. The minimum atomic E-state index is -0.708. The maximum absolute atomic E-state index is 12.2. The fourth-order valence-corrected chi connectivity index (χ4v) is 0.943. The Labute approximate surface area is 54.9 Å². The molecule has 0 aromatic rings. The van der Waals surface area contributed by atoms with E-state index in [1.807, 2.05) is 0 Å². The van der Waals surface area contributed by atoms with Crippen molar-refractivity contribution in [3.05, 3.63) is 0 Å². The van der Waals surface area contributed by atoms with E-state index in [2.05, 4.69) is 0 Å². The monoisotopic (exact) mass is 139 g/mol. The minimum absolute atomic E-state index is 0. The lowest BCUT2D eigenvalue weighted by molar-refractivity contribution is 0.312. The van der Waals surface area contributed by atoms with Crippen molar-refractivity contribution in [1.82, 2.24) is 0 Å². The first-order valence-electron chi connectivity index (χ1n) is 2.70. The first-order chi connectivity index (χ1) is 3.30. The van der Waals surface area contributed by atoms with E-state index in [0.29, 0.717) is 6.42 Å². The quantitative estimate of drug-likeness (QED) is 0.537. The van der Waals surface area contributed by atoms with Crippen molar-refractivity contribution < 1.29 is 4.39 Å². The molecule has 8 heavy (non-hydrogen) atoms. The van der Waals surface area contributed by atoms with E-state index < -0.39 is 6.17 Å². The van der Waals surface area contributed by atoms with Crippen molar-refractivity contribution in [1.29, 1.82) is 0 Å². The third-order valence-corrected chi connectivity index (χ3v) is 1.48. The van der Waals surface area contributed by atoms with Gasteiger partial charge in [-0.1, -0.05) is 0 Å². The molecule has 3 heteroatoms. The van der Waals surface area contributed by atoms with Gasteiger partial charge < -0.3 is 5.73 Å². The van der Waals surface area contributed by atoms with Gasteiger partial charge in [-0.25, -0.2) is 4.39 Å². The zero-order valence-corrected chi connectivity index (χ0v) is 5.46. The van der Waals surface area contributed by atoms with E-state index in [4.69, 9.17) is 5.73 Å². The topological polar surface area (TPSA) is 26.0 Å². The van der Waals surface area contributed by atoms with Gasteiger partial charge in [0, 0.05) is 6.04 Å². The second kappa shape index (κ2) is 3.25. The lowest BCUT2D eigenvalue weighted by Gasteiger charge is -2.01. The van der Waals surface area contributed by atoms with Crippen LogP contribution < -0.4 is 5.73 Å². The van der Waals surface area contributed by atoms with Crippen molar-refractivity contribution in [2.75, 3.05) is 0 Å². The Kier molecular flexibility index (Phi) is 3.33. The fourth-order valence-electron chi connectivity index (χ4n) is 0.943. The molecule has 2 atom stereocenters. The van der Waals surface area contributed by atoms with Gasteiger partial charge in [-0.05, 0) is 19.3 Å². The Morgan fingerprint density at radius 1 is 1.38 bits per heavy atom. The summed E-state index contributed by atoms with van der Waals surface area (Å²) in [6.07, 6.45) is 1.82. The molecule has 0 radical (unpaired) electrons. The average Bonchev–Trinajstić information content (AvgIpc) is 1.91. The van der Waals surface area contributed by atoms with Crippen LogP contribution in [-0.4, -0.2) is 12.2 Å². The molecule has 1 fully saturated rings. The molecule has 0 unspecified atom stereocenters. The highest BCUT2D eigenvalue weighted by molar-refractivity contribution is 5.85. The third-order valence-electron chi connectivity index (χ3n) is 1.48. The summed E-state index contributed by atoms with van der Waals surface area (Å²) in [7, 11) is 0. The summed E-state index contributed by atoms with van der Waals surface area (Å²) < 4.78 is 12.2. The summed E-state index contributed by atoms with van der Waals surface area (Å²) in [6.45, 7) is 0. The summed E-state index contributed by atoms with van der Waals surface area (Å²) >= 11 is 0. The van der Waals surface area contributed by atoms with Gasteiger partial charge >= 0.3 is 0 Å². The van der Waals surface area contributed by atoms with Crippen LogP contribution in [0.3, 0.4) is 0 Å². The van der Waals surface area contributed by atoms with Crippen molar-refractivity contribution in [2.24, 2.45) is 5.73 Å². The zero-order chi connectivity index (χ0) is 5.28. The molecule has 0 saturated heterocycles. The van der Waals surface area contributed by atoms with Gasteiger partial charge in [-0.2, -0.15) is 0 Å². The number of halogens is 2. The van der Waals surface area contributed by atoms with Crippen LogP contribution in [0.15, 0.2) is 0 Å². The molecule has 0 aromatic heterocycles. The van der Waals surface area contributed by atoms with E-state index in [-0.39, 0.29) is 18.4 Å².